The van der Waals surface area contributed by atoms with E-state index in [1.54, 1.807) is 0 Å². The predicted molar refractivity (Wildman–Crippen MR) is 65.8 cm³/mol. The SMILES string of the molecule is CCCC(CCN)CCC(=O)CC(C)C. The first-order chi connectivity index (χ1) is 7.10. The van der Waals surface area contributed by atoms with E-state index in [0.29, 0.717) is 17.6 Å². The normalized spacial score (nSPS) is 13.1. The van der Waals surface area contributed by atoms with Crippen molar-refractivity contribution in [3.05, 3.63) is 0 Å². The van der Waals surface area contributed by atoms with Crippen LogP contribution in [0.3, 0.4) is 0 Å². The molecule has 2 N–H and O–H groups in total. The van der Waals surface area contributed by atoms with Crippen LogP contribution in [-0.2, 0) is 4.79 Å². The van der Waals surface area contributed by atoms with Crippen molar-refractivity contribution < 1.29 is 4.79 Å². The summed E-state index contributed by atoms with van der Waals surface area (Å²) in [5.41, 5.74) is 5.56. The summed E-state index contributed by atoms with van der Waals surface area (Å²) in [5.74, 6) is 1.58. The van der Waals surface area contributed by atoms with E-state index in [0.717, 1.165) is 32.2 Å². The smallest absolute Gasteiger partial charge is 0.133 e. The van der Waals surface area contributed by atoms with Crippen LogP contribution in [-0.4, -0.2) is 12.3 Å². The molecule has 0 aliphatic rings. The Hall–Kier alpha value is -0.370. The predicted octanol–water partition coefficient (Wildman–Crippen LogP) is 3.15. The van der Waals surface area contributed by atoms with Crippen molar-refractivity contribution in [1.29, 1.82) is 0 Å². The molecule has 0 heterocycles. The third kappa shape index (κ3) is 8.61. The van der Waals surface area contributed by atoms with Gasteiger partial charge in [-0.05, 0) is 31.2 Å². The Morgan fingerprint density at radius 2 is 1.87 bits per heavy atom. The van der Waals surface area contributed by atoms with E-state index in [-0.39, 0.29) is 0 Å². The molecule has 15 heavy (non-hydrogen) atoms. The van der Waals surface area contributed by atoms with Gasteiger partial charge in [0, 0.05) is 12.8 Å². The Morgan fingerprint density at radius 3 is 2.33 bits per heavy atom. The Bertz CT molecular complexity index is 160. The van der Waals surface area contributed by atoms with E-state index in [4.69, 9.17) is 5.73 Å². The maximum Gasteiger partial charge on any atom is 0.133 e. The molecule has 0 bridgehead atoms. The van der Waals surface area contributed by atoms with Crippen molar-refractivity contribution >= 4 is 5.78 Å². The number of carbonyl (C=O) groups excluding carboxylic acids is 1. The summed E-state index contributed by atoms with van der Waals surface area (Å²) in [7, 11) is 0. The molecule has 0 aliphatic carbocycles. The average molecular weight is 213 g/mol. The quantitative estimate of drug-likeness (QED) is 0.639. The number of hydrogen-bond donors (Lipinski definition) is 1. The van der Waals surface area contributed by atoms with Gasteiger partial charge in [0.25, 0.3) is 0 Å². The summed E-state index contributed by atoms with van der Waals surface area (Å²) in [6, 6.07) is 0. The molecular weight excluding hydrogens is 186 g/mol. The maximum atomic E-state index is 11.5. The molecule has 0 fully saturated rings. The molecule has 1 unspecified atom stereocenters. The van der Waals surface area contributed by atoms with Crippen molar-refractivity contribution in [2.24, 2.45) is 17.6 Å². The van der Waals surface area contributed by atoms with Gasteiger partial charge in [-0.2, -0.15) is 0 Å². The summed E-state index contributed by atoms with van der Waals surface area (Å²) in [4.78, 5) is 11.5. The van der Waals surface area contributed by atoms with Crippen molar-refractivity contribution in [2.45, 2.75) is 59.3 Å². The highest BCUT2D eigenvalue weighted by Gasteiger charge is 2.10. The first-order valence-electron chi connectivity index (χ1n) is 6.31. The summed E-state index contributed by atoms with van der Waals surface area (Å²) >= 11 is 0. The van der Waals surface area contributed by atoms with Crippen LogP contribution in [0, 0.1) is 11.8 Å². The summed E-state index contributed by atoms with van der Waals surface area (Å²) < 4.78 is 0. The lowest BCUT2D eigenvalue weighted by atomic mass is 9.92. The topological polar surface area (TPSA) is 43.1 Å². The van der Waals surface area contributed by atoms with Gasteiger partial charge in [0.15, 0.2) is 0 Å². The van der Waals surface area contributed by atoms with Gasteiger partial charge >= 0.3 is 0 Å². The molecule has 2 heteroatoms. The van der Waals surface area contributed by atoms with Crippen LogP contribution in [0.1, 0.15) is 59.3 Å². The summed E-state index contributed by atoms with van der Waals surface area (Å²) in [6.07, 6.45) is 6.01. The molecule has 90 valence electrons. The minimum Gasteiger partial charge on any atom is -0.330 e. The number of nitrogens with two attached hydrogens (primary N) is 1. The third-order valence-corrected chi connectivity index (χ3v) is 2.74. The van der Waals surface area contributed by atoms with E-state index in [2.05, 4.69) is 20.8 Å². The standard InChI is InChI=1S/C13H27NO/c1-4-5-12(8-9-14)6-7-13(15)10-11(2)3/h11-12H,4-10,14H2,1-3H3. The van der Waals surface area contributed by atoms with Gasteiger partial charge in [-0.1, -0.05) is 33.6 Å². The first-order valence-corrected chi connectivity index (χ1v) is 6.31. The molecule has 0 saturated heterocycles. The molecule has 0 radical (unpaired) electrons. The van der Waals surface area contributed by atoms with Gasteiger partial charge < -0.3 is 5.73 Å². The van der Waals surface area contributed by atoms with Crippen molar-refractivity contribution in [2.75, 3.05) is 6.54 Å². The number of ketones is 1. The van der Waals surface area contributed by atoms with E-state index in [1.165, 1.54) is 12.8 Å². The van der Waals surface area contributed by atoms with Crippen LogP contribution in [0.5, 0.6) is 0 Å². The molecule has 0 spiro atoms. The van der Waals surface area contributed by atoms with Crippen LogP contribution < -0.4 is 5.73 Å². The van der Waals surface area contributed by atoms with E-state index < -0.39 is 0 Å². The zero-order chi connectivity index (χ0) is 11.7. The second-order valence-corrected chi connectivity index (χ2v) is 4.91. The van der Waals surface area contributed by atoms with Gasteiger partial charge in [-0.25, -0.2) is 0 Å². The summed E-state index contributed by atoms with van der Waals surface area (Å²) in [6.45, 7) is 7.14. The molecule has 0 aromatic heterocycles. The highest BCUT2D eigenvalue weighted by atomic mass is 16.1. The van der Waals surface area contributed by atoms with Gasteiger partial charge in [-0.3, -0.25) is 4.79 Å². The minimum absolute atomic E-state index is 0.420. The largest absolute Gasteiger partial charge is 0.330 e. The Kier molecular flexibility index (Phi) is 8.68. The molecular formula is C13H27NO. The van der Waals surface area contributed by atoms with Crippen molar-refractivity contribution in [1.82, 2.24) is 0 Å². The fourth-order valence-corrected chi connectivity index (χ4v) is 2.00. The van der Waals surface area contributed by atoms with Gasteiger partial charge in [0.2, 0.25) is 0 Å². The monoisotopic (exact) mass is 213 g/mol. The fraction of sp³-hybridized carbons (Fsp3) is 0.923. The summed E-state index contributed by atoms with van der Waals surface area (Å²) in [5, 5.41) is 0. The Balaban J connectivity index is 3.72. The molecule has 2 nitrogen and oxygen atoms in total. The highest BCUT2D eigenvalue weighted by molar-refractivity contribution is 5.78. The highest BCUT2D eigenvalue weighted by Crippen LogP contribution is 2.18. The molecule has 0 aromatic rings. The van der Waals surface area contributed by atoms with Crippen LogP contribution in [0.2, 0.25) is 0 Å². The van der Waals surface area contributed by atoms with Crippen molar-refractivity contribution in [3.8, 4) is 0 Å². The zero-order valence-corrected chi connectivity index (χ0v) is 10.6. The number of rotatable bonds is 9. The fourth-order valence-electron chi connectivity index (χ4n) is 2.00. The molecule has 0 aliphatic heterocycles. The van der Waals surface area contributed by atoms with E-state index in [9.17, 15) is 4.79 Å². The number of carbonyl (C=O) groups is 1. The van der Waals surface area contributed by atoms with Gasteiger partial charge in [0.05, 0.1) is 0 Å². The van der Waals surface area contributed by atoms with Crippen molar-refractivity contribution in [3.63, 3.8) is 0 Å². The van der Waals surface area contributed by atoms with E-state index in [1.807, 2.05) is 0 Å². The second-order valence-electron chi connectivity index (χ2n) is 4.91. The lowest BCUT2D eigenvalue weighted by Crippen LogP contribution is -2.11. The third-order valence-electron chi connectivity index (χ3n) is 2.74. The average Bonchev–Trinajstić information content (AvgIpc) is 2.14. The van der Waals surface area contributed by atoms with Gasteiger partial charge in [0.1, 0.15) is 5.78 Å². The second kappa shape index (κ2) is 8.90. The van der Waals surface area contributed by atoms with Crippen LogP contribution in [0.4, 0.5) is 0 Å². The zero-order valence-electron chi connectivity index (χ0n) is 10.6. The Morgan fingerprint density at radius 1 is 1.20 bits per heavy atom. The molecule has 1 atom stereocenters. The molecule has 0 rings (SSSR count). The van der Waals surface area contributed by atoms with Crippen LogP contribution in [0.25, 0.3) is 0 Å². The number of hydrogen-bond acceptors (Lipinski definition) is 2. The molecule has 0 aromatic carbocycles. The number of Topliss-reactive ketones (excluding diaryl/α,β-unsaturated/α-hetero) is 1. The first kappa shape index (κ1) is 14.6. The molecule has 0 saturated carbocycles. The van der Waals surface area contributed by atoms with Crippen LogP contribution in [0.15, 0.2) is 0 Å². The Labute approximate surface area is 94.6 Å². The lowest BCUT2D eigenvalue weighted by molar-refractivity contribution is -0.120. The van der Waals surface area contributed by atoms with Gasteiger partial charge in [-0.15, -0.1) is 0 Å². The van der Waals surface area contributed by atoms with E-state index >= 15 is 0 Å². The minimum atomic E-state index is 0.420. The molecule has 0 amide bonds. The van der Waals surface area contributed by atoms with Crippen LogP contribution >= 0.6 is 0 Å². The lowest BCUT2D eigenvalue weighted by Gasteiger charge is -2.14. The maximum absolute atomic E-state index is 11.5.